The zero-order chi connectivity index (χ0) is 15.2. The van der Waals surface area contributed by atoms with Gasteiger partial charge in [0, 0.05) is 29.6 Å². The Labute approximate surface area is 140 Å². The van der Waals surface area contributed by atoms with E-state index in [-0.39, 0.29) is 29.3 Å². The van der Waals surface area contributed by atoms with Crippen molar-refractivity contribution in [3.63, 3.8) is 0 Å². The molecule has 0 aromatic heterocycles. The van der Waals surface area contributed by atoms with Crippen molar-refractivity contribution in [3.8, 4) is 0 Å². The van der Waals surface area contributed by atoms with Crippen molar-refractivity contribution < 1.29 is 9.72 Å². The van der Waals surface area contributed by atoms with E-state index in [1.54, 1.807) is 12.1 Å². The third-order valence-electron chi connectivity index (χ3n) is 3.41. The van der Waals surface area contributed by atoms with E-state index >= 15 is 0 Å². The Hall–Kier alpha value is -1.31. The van der Waals surface area contributed by atoms with Gasteiger partial charge in [0.2, 0.25) is 5.91 Å². The summed E-state index contributed by atoms with van der Waals surface area (Å²) in [5, 5.41) is 16.6. The summed E-state index contributed by atoms with van der Waals surface area (Å²) in [6.45, 7) is 3.51. The van der Waals surface area contributed by atoms with Gasteiger partial charge in [0.15, 0.2) is 0 Å². The Kier molecular flexibility index (Phi) is 7.64. The van der Waals surface area contributed by atoms with E-state index in [0.717, 1.165) is 24.3 Å². The fourth-order valence-electron chi connectivity index (χ4n) is 2.20. The fourth-order valence-corrected chi connectivity index (χ4v) is 3.09. The van der Waals surface area contributed by atoms with Crippen LogP contribution in [0.5, 0.6) is 0 Å². The SMILES string of the molecule is CC(Sc1ccc([N+](=O)[O-])cc1)C(=O)NCC1CCCN1.Cl. The molecule has 2 rings (SSSR count). The Morgan fingerprint density at radius 1 is 1.50 bits per heavy atom. The molecule has 1 aromatic carbocycles. The second-order valence-corrected chi connectivity index (χ2v) is 6.46. The molecule has 2 unspecified atom stereocenters. The lowest BCUT2D eigenvalue weighted by molar-refractivity contribution is -0.384. The number of nitrogens with zero attached hydrogens (tertiary/aromatic N) is 1. The maximum Gasteiger partial charge on any atom is 0.269 e. The number of halogens is 1. The first-order chi connectivity index (χ1) is 10.1. The number of amides is 1. The van der Waals surface area contributed by atoms with Crippen molar-refractivity contribution >= 4 is 35.8 Å². The number of hydrogen-bond donors (Lipinski definition) is 2. The first kappa shape index (κ1) is 18.7. The molecule has 1 aliphatic rings. The predicted molar refractivity (Wildman–Crippen MR) is 89.7 cm³/mol. The lowest BCUT2D eigenvalue weighted by atomic mass is 10.2. The number of benzene rings is 1. The summed E-state index contributed by atoms with van der Waals surface area (Å²) in [4.78, 5) is 23.0. The van der Waals surface area contributed by atoms with Crippen LogP contribution >= 0.6 is 24.2 Å². The molecule has 8 heteroatoms. The van der Waals surface area contributed by atoms with Crippen molar-refractivity contribution in [2.24, 2.45) is 0 Å². The number of thioether (sulfide) groups is 1. The molecule has 1 aliphatic heterocycles. The third-order valence-corrected chi connectivity index (χ3v) is 4.53. The Morgan fingerprint density at radius 2 is 2.18 bits per heavy atom. The molecule has 0 bridgehead atoms. The molecule has 0 saturated carbocycles. The highest BCUT2D eigenvalue weighted by Gasteiger charge is 2.18. The molecular weight excluding hydrogens is 326 g/mol. The molecule has 22 heavy (non-hydrogen) atoms. The van der Waals surface area contributed by atoms with Gasteiger partial charge in [0.25, 0.3) is 5.69 Å². The van der Waals surface area contributed by atoms with Crippen molar-refractivity contribution in [1.29, 1.82) is 0 Å². The van der Waals surface area contributed by atoms with E-state index in [0.29, 0.717) is 12.6 Å². The first-order valence-corrected chi connectivity index (χ1v) is 7.86. The van der Waals surface area contributed by atoms with Gasteiger partial charge in [-0.1, -0.05) is 0 Å². The maximum atomic E-state index is 12.0. The Morgan fingerprint density at radius 3 is 2.73 bits per heavy atom. The zero-order valence-corrected chi connectivity index (χ0v) is 13.9. The smallest absolute Gasteiger partial charge is 0.269 e. The number of carbonyl (C=O) groups is 1. The van der Waals surface area contributed by atoms with Gasteiger partial charge in [0.05, 0.1) is 10.2 Å². The molecule has 2 N–H and O–H groups in total. The summed E-state index contributed by atoms with van der Waals surface area (Å²) < 4.78 is 0. The number of nitro groups is 1. The largest absolute Gasteiger partial charge is 0.354 e. The number of hydrogen-bond acceptors (Lipinski definition) is 5. The molecule has 6 nitrogen and oxygen atoms in total. The lowest BCUT2D eigenvalue weighted by Gasteiger charge is -2.15. The van der Waals surface area contributed by atoms with E-state index in [4.69, 9.17) is 0 Å². The fraction of sp³-hybridized carbons (Fsp3) is 0.500. The number of nitrogens with one attached hydrogen (secondary N) is 2. The van der Waals surface area contributed by atoms with E-state index in [1.807, 2.05) is 6.92 Å². The molecule has 2 atom stereocenters. The summed E-state index contributed by atoms with van der Waals surface area (Å²) in [6, 6.07) is 6.63. The number of nitro benzene ring substituents is 1. The van der Waals surface area contributed by atoms with Crippen LogP contribution < -0.4 is 10.6 Å². The van der Waals surface area contributed by atoms with Gasteiger partial charge < -0.3 is 10.6 Å². The number of non-ortho nitro benzene ring substituents is 1. The molecule has 1 heterocycles. The van der Waals surface area contributed by atoms with Gasteiger partial charge in [-0.2, -0.15) is 0 Å². The minimum atomic E-state index is -0.431. The van der Waals surface area contributed by atoms with Gasteiger partial charge >= 0.3 is 0 Å². The number of carbonyl (C=O) groups excluding carboxylic acids is 1. The molecule has 122 valence electrons. The molecule has 0 spiro atoms. The minimum Gasteiger partial charge on any atom is -0.354 e. The minimum absolute atomic E-state index is 0. The summed E-state index contributed by atoms with van der Waals surface area (Å²) in [6.07, 6.45) is 2.26. The van der Waals surface area contributed by atoms with Gasteiger partial charge in [-0.05, 0) is 38.4 Å². The molecule has 1 saturated heterocycles. The highest BCUT2D eigenvalue weighted by molar-refractivity contribution is 8.00. The van der Waals surface area contributed by atoms with Crippen molar-refractivity contribution in [3.05, 3.63) is 34.4 Å². The van der Waals surface area contributed by atoms with Crippen LogP contribution in [0.1, 0.15) is 19.8 Å². The molecule has 0 aliphatic carbocycles. The summed E-state index contributed by atoms with van der Waals surface area (Å²) >= 11 is 1.40. The van der Waals surface area contributed by atoms with Crippen molar-refractivity contribution in [1.82, 2.24) is 10.6 Å². The van der Waals surface area contributed by atoms with Crippen LogP contribution in [-0.4, -0.2) is 35.2 Å². The van der Waals surface area contributed by atoms with Crippen LogP contribution in [0.2, 0.25) is 0 Å². The highest BCUT2D eigenvalue weighted by Crippen LogP contribution is 2.25. The van der Waals surface area contributed by atoms with Crippen LogP contribution in [0.4, 0.5) is 5.69 Å². The van der Waals surface area contributed by atoms with Gasteiger partial charge in [0.1, 0.15) is 0 Å². The predicted octanol–water partition coefficient (Wildman–Crippen LogP) is 2.37. The quantitative estimate of drug-likeness (QED) is 0.469. The van der Waals surface area contributed by atoms with E-state index in [1.165, 1.54) is 23.9 Å². The van der Waals surface area contributed by atoms with Gasteiger partial charge in [-0.3, -0.25) is 14.9 Å². The van der Waals surface area contributed by atoms with Crippen LogP contribution in [-0.2, 0) is 4.79 Å². The number of rotatable bonds is 6. The highest BCUT2D eigenvalue weighted by atomic mass is 35.5. The summed E-state index contributed by atoms with van der Waals surface area (Å²) in [5.41, 5.74) is 0.0590. The van der Waals surface area contributed by atoms with E-state index < -0.39 is 4.92 Å². The van der Waals surface area contributed by atoms with Gasteiger partial charge in [-0.15, -0.1) is 24.2 Å². The molecule has 0 radical (unpaired) electrons. The van der Waals surface area contributed by atoms with Crippen molar-refractivity contribution in [2.45, 2.75) is 36.0 Å². The van der Waals surface area contributed by atoms with Crippen LogP contribution in [0.15, 0.2) is 29.2 Å². The topological polar surface area (TPSA) is 84.3 Å². The summed E-state index contributed by atoms with van der Waals surface area (Å²) in [5.74, 6) is -0.00736. The average Bonchev–Trinajstić information content (AvgIpc) is 2.98. The monoisotopic (exact) mass is 345 g/mol. The molecule has 1 fully saturated rings. The van der Waals surface area contributed by atoms with Crippen LogP contribution in [0, 0.1) is 10.1 Å². The van der Waals surface area contributed by atoms with Gasteiger partial charge in [-0.25, -0.2) is 0 Å². The van der Waals surface area contributed by atoms with Crippen LogP contribution in [0.25, 0.3) is 0 Å². The second-order valence-electron chi connectivity index (χ2n) is 5.05. The second kappa shape index (κ2) is 8.97. The van der Waals surface area contributed by atoms with E-state index in [2.05, 4.69) is 10.6 Å². The zero-order valence-electron chi connectivity index (χ0n) is 12.3. The van der Waals surface area contributed by atoms with Crippen molar-refractivity contribution in [2.75, 3.05) is 13.1 Å². The lowest BCUT2D eigenvalue weighted by Crippen LogP contribution is -2.40. The summed E-state index contributed by atoms with van der Waals surface area (Å²) in [7, 11) is 0. The molecule has 1 aromatic rings. The standard InChI is InChI=1S/C14H19N3O3S.ClH/c1-10(14(18)16-9-11-3-2-8-15-11)21-13-6-4-12(5-7-13)17(19)20;/h4-7,10-11,15H,2-3,8-9H2,1H3,(H,16,18);1H. The Balaban J connectivity index is 0.00000242. The van der Waals surface area contributed by atoms with E-state index in [9.17, 15) is 14.9 Å². The Bertz CT molecular complexity index is 507. The normalized spacial score (nSPS) is 18.3. The molecule has 1 amide bonds. The maximum absolute atomic E-state index is 12.0. The van der Waals surface area contributed by atoms with Crippen LogP contribution in [0.3, 0.4) is 0 Å². The average molecular weight is 346 g/mol. The third kappa shape index (κ3) is 5.47. The first-order valence-electron chi connectivity index (χ1n) is 6.98. The molecular formula is C14H20ClN3O3S.